The fraction of sp³-hybridized carbons (Fsp3) is 0.0952. The molecule has 4 nitrogen and oxygen atoms in total. The van der Waals surface area contributed by atoms with Crippen molar-refractivity contribution >= 4 is 11.6 Å². The molecule has 0 aliphatic rings. The number of hydrogen-bond acceptors (Lipinski definition) is 3. The Morgan fingerprint density at radius 2 is 1.40 bits per heavy atom. The number of pyridine rings is 1. The first kappa shape index (κ1) is 16.6. The molecule has 0 radical (unpaired) electrons. The summed E-state index contributed by atoms with van der Waals surface area (Å²) in [4.78, 5) is 16.1. The van der Waals surface area contributed by atoms with E-state index in [9.17, 15) is 4.79 Å². The van der Waals surface area contributed by atoms with Gasteiger partial charge in [-0.1, -0.05) is 60.7 Å². The smallest absolute Gasteiger partial charge is 0.267 e. The van der Waals surface area contributed by atoms with E-state index in [2.05, 4.69) is 39.8 Å². The van der Waals surface area contributed by atoms with Crippen LogP contribution in [0.3, 0.4) is 0 Å². The maximum absolute atomic E-state index is 12.2. The molecule has 0 bridgehead atoms. The molecule has 0 aliphatic carbocycles. The highest BCUT2D eigenvalue weighted by Gasteiger charge is 2.17. The van der Waals surface area contributed by atoms with Crippen LogP contribution >= 0.6 is 0 Å². The summed E-state index contributed by atoms with van der Waals surface area (Å²) in [7, 11) is 0. The number of amides is 1. The molecule has 3 aromatic rings. The molecule has 0 atom stereocenters. The molecule has 2 aromatic carbocycles. The van der Waals surface area contributed by atoms with Crippen molar-refractivity contribution in [1.29, 1.82) is 0 Å². The van der Waals surface area contributed by atoms with Gasteiger partial charge in [-0.15, -0.1) is 0 Å². The van der Waals surface area contributed by atoms with E-state index in [1.807, 2.05) is 43.3 Å². The van der Waals surface area contributed by atoms with Crippen molar-refractivity contribution in [2.24, 2.45) is 5.10 Å². The molecule has 3 rings (SSSR count). The van der Waals surface area contributed by atoms with Crippen LogP contribution in [0.4, 0.5) is 0 Å². The zero-order valence-corrected chi connectivity index (χ0v) is 14.0. The Morgan fingerprint density at radius 3 is 1.92 bits per heavy atom. The van der Waals surface area contributed by atoms with Gasteiger partial charge in [-0.25, -0.2) is 5.43 Å². The van der Waals surface area contributed by atoms with E-state index in [1.165, 1.54) is 0 Å². The topological polar surface area (TPSA) is 54.4 Å². The lowest BCUT2D eigenvalue weighted by atomic mass is 9.88. The van der Waals surface area contributed by atoms with Crippen molar-refractivity contribution in [2.75, 3.05) is 0 Å². The minimum Gasteiger partial charge on any atom is -0.267 e. The second-order valence-electron chi connectivity index (χ2n) is 5.68. The van der Waals surface area contributed by atoms with Gasteiger partial charge in [-0.05, 0) is 30.2 Å². The number of nitrogens with one attached hydrogen (secondary N) is 1. The fourth-order valence-electron chi connectivity index (χ4n) is 2.74. The SMILES string of the molecule is C/C(=N/NC(=O)c1ccncc1)C(c1ccccc1)c1ccccc1. The van der Waals surface area contributed by atoms with Gasteiger partial charge in [0.2, 0.25) is 0 Å². The maximum atomic E-state index is 12.2. The average molecular weight is 329 g/mol. The number of benzene rings is 2. The number of hydrazone groups is 1. The first-order valence-corrected chi connectivity index (χ1v) is 8.10. The second-order valence-corrected chi connectivity index (χ2v) is 5.68. The number of nitrogens with zero attached hydrogens (tertiary/aromatic N) is 2. The van der Waals surface area contributed by atoms with E-state index in [4.69, 9.17) is 0 Å². The highest BCUT2D eigenvalue weighted by atomic mass is 16.2. The summed E-state index contributed by atoms with van der Waals surface area (Å²) in [5.74, 6) is -0.262. The van der Waals surface area contributed by atoms with E-state index >= 15 is 0 Å². The molecule has 4 heteroatoms. The third-order valence-electron chi connectivity index (χ3n) is 3.96. The number of carbonyl (C=O) groups is 1. The molecule has 1 N–H and O–H groups in total. The Morgan fingerprint density at radius 1 is 0.880 bits per heavy atom. The lowest BCUT2D eigenvalue weighted by Gasteiger charge is -2.18. The van der Waals surface area contributed by atoms with Crippen molar-refractivity contribution in [3.63, 3.8) is 0 Å². The number of carbonyl (C=O) groups excluding carboxylic acids is 1. The summed E-state index contributed by atoms with van der Waals surface area (Å²) >= 11 is 0. The van der Waals surface area contributed by atoms with Gasteiger partial charge in [0, 0.05) is 29.6 Å². The van der Waals surface area contributed by atoms with Crippen molar-refractivity contribution in [3.05, 3.63) is 102 Å². The fourth-order valence-corrected chi connectivity index (χ4v) is 2.74. The Kier molecular flexibility index (Phi) is 5.32. The van der Waals surface area contributed by atoms with Crippen LogP contribution in [-0.2, 0) is 0 Å². The number of aromatic nitrogens is 1. The maximum Gasteiger partial charge on any atom is 0.271 e. The molecule has 0 aliphatic heterocycles. The van der Waals surface area contributed by atoms with E-state index in [1.54, 1.807) is 24.5 Å². The molecule has 0 unspecified atom stereocenters. The normalized spacial score (nSPS) is 11.4. The van der Waals surface area contributed by atoms with Gasteiger partial charge in [0.15, 0.2) is 0 Å². The Labute approximate surface area is 147 Å². The molecule has 0 saturated heterocycles. The largest absolute Gasteiger partial charge is 0.271 e. The Bertz CT molecular complexity index is 807. The van der Waals surface area contributed by atoms with Gasteiger partial charge < -0.3 is 0 Å². The van der Waals surface area contributed by atoms with E-state index in [0.717, 1.165) is 16.8 Å². The van der Waals surface area contributed by atoms with Gasteiger partial charge in [0.25, 0.3) is 5.91 Å². The lowest BCUT2D eigenvalue weighted by Crippen LogP contribution is -2.21. The molecule has 0 saturated carbocycles. The molecule has 0 spiro atoms. The summed E-state index contributed by atoms with van der Waals surface area (Å²) in [6, 6.07) is 23.6. The average Bonchev–Trinajstić information content (AvgIpc) is 2.69. The van der Waals surface area contributed by atoms with Gasteiger partial charge in [0.1, 0.15) is 0 Å². The molecule has 1 amide bonds. The second kappa shape index (κ2) is 8.02. The minimum absolute atomic E-state index is 0.0138. The predicted molar refractivity (Wildman–Crippen MR) is 99.5 cm³/mol. The zero-order chi connectivity index (χ0) is 17.5. The number of hydrogen-bond donors (Lipinski definition) is 1. The summed E-state index contributed by atoms with van der Waals surface area (Å²) in [6.45, 7) is 1.93. The highest BCUT2D eigenvalue weighted by Crippen LogP contribution is 2.26. The van der Waals surface area contributed by atoms with Crippen LogP contribution in [-0.4, -0.2) is 16.6 Å². The van der Waals surface area contributed by atoms with Gasteiger partial charge in [-0.3, -0.25) is 9.78 Å². The molecule has 0 fully saturated rings. The number of rotatable bonds is 5. The van der Waals surface area contributed by atoms with Crippen molar-refractivity contribution < 1.29 is 4.79 Å². The summed E-state index contributed by atoms with van der Waals surface area (Å²) in [5, 5.41) is 4.35. The molecule has 25 heavy (non-hydrogen) atoms. The predicted octanol–water partition coefficient (Wildman–Crippen LogP) is 4.02. The third kappa shape index (κ3) is 4.18. The standard InChI is InChI=1S/C21H19N3O/c1-16(23-24-21(25)19-12-14-22-15-13-19)20(17-8-4-2-5-9-17)18-10-6-3-7-11-18/h2-15,20H,1H3,(H,24,25)/b23-16-. The van der Waals surface area contributed by atoms with E-state index in [0.29, 0.717) is 5.56 Å². The first-order chi connectivity index (χ1) is 12.3. The van der Waals surface area contributed by atoms with Gasteiger partial charge in [-0.2, -0.15) is 5.10 Å². The van der Waals surface area contributed by atoms with Gasteiger partial charge >= 0.3 is 0 Å². The zero-order valence-electron chi connectivity index (χ0n) is 14.0. The molecule has 124 valence electrons. The Hall–Kier alpha value is -3.27. The van der Waals surface area contributed by atoms with Crippen LogP contribution in [0.25, 0.3) is 0 Å². The van der Waals surface area contributed by atoms with Crippen LogP contribution in [0.2, 0.25) is 0 Å². The van der Waals surface area contributed by atoms with Gasteiger partial charge in [0.05, 0.1) is 0 Å². The molecular weight excluding hydrogens is 310 g/mol. The quantitative estimate of drug-likeness (QED) is 0.568. The van der Waals surface area contributed by atoms with Crippen molar-refractivity contribution in [1.82, 2.24) is 10.4 Å². The van der Waals surface area contributed by atoms with Crippen molar-refractivity contribution in [2.45, 2.75) is 12.8 Å². The Balaban J connectivity index is 1.87. The van der Waals surface area contributed by atoms with E-state index < -0.39 is 0 Å². The van der Waals surface area contributed by atoms with Crippen LogP contribution in [0.1, 0.15) is 34.3 Å². The summed E-state index contributed by atoms with van der Waals surface area (Å²) in [5.41, 5.74) is 6.25. The van der Waals surface area contributed by atoms with Crippen LogP contribution in [0.15, 0.2) is 90.3 Å². The summed E-state index contributed by atoms with van der Waals surface area (Å²) < 4.78 is 0. The highest BCUT2D eigenvalue weighted by molar-refractivity contribution is 5.97. The van der Waals surface area contributed by atoms with Crippen LogP contribution in [0, 0.1) is 0 Å². The van der Waals surface area contributed by atoms with E-state index in [-0.39, 0.29) is 11.8 Å². The monoisotopic (exact) mass is 329 g/mol. The van der Waals surface area contributed by atoms with Crippen molar-refractivity contribution in [3.8, 4) is 0 Å². The third-order valence-corrected chi connectivity index (χ3v) is 3.96. The van der Waals surface area contributed by atoms with Crippen LogP contribution in [0.5, 0.6) is 0 Å². The first-order valence-electron chi connectivity index (χ1n) is 8.10. The molecular formula is C21H19N3O. The lowest BCUT2D eigenvalue weighted by molar-refractivity contribution is 0.0954. The molecule has 1 heterocycles. The summed E-state index contributed by atoms with van der Waals surface area (Å²) in [6.07, 6.45) is 3.17. The van der Waals surface area contributed by atoms with Crippen LogP contribution < -0.4 is 5.43 Å². The molecule has 1 aromatic heterocycles. The minimum atomic E-state index is -0.248.